The molecule has 1 aliphatic rings. The predicted octanol–water partition coefficient (Wildman–Crippen LogP) is 9.22. The van der Waals surface area contributed by atoms with Gasteiger partial charge in [0.1, 0.15) is 5.69 Å². The number of hydrogen-bond acceptors (Lipinski definition) is 11. The van der Waals surface area contributed by atoms with E-state index in [-0.39, 0.29) is 22.3 Å². The lowest BCUT2D eigenvalue weighted by molar-refractivity contribution is -0.384. The molecule has 0 spiro atoms. The highest BCUT2D eigenvalue weighted by Crippen LogP contribution is 2.35. The Bertz CT molecular complexity index is 2420. The lowest BCUT2D eigenvalue weighted by Gasteiger charge is -2.37. The quantitative estimate of drug-likeness (QED) is 0.0549. The first-order valence-electron chi connectivity index (χ1n) is 18.8. The zero-order valence-electron chi connectivity index (χ0n) is 32.1. The third-order valence-corrected chi connectivity index (χ3v) is 12.7. The first-order valence-corrected chi connectivity index (χ1v) is 21.7. The molecule has 0 radical (unpaired) electrons. The molecule has 2 N–H and O–H groups in total. The van der Waals surface area contributed by atoms with E-state index in [1.807, 2.05) is 93.0 Å². The minimum absolute atomic E-state index is 0.0974. The van der Waals surface area contributed by atoms with Gasteiger partial charge in [-0.05, 0) is 118 Å². The van der Waals surface area contributed by atoms with E-state index in [0.717, 1.165) is 78.2 Å². The fraction of sp³-hybridized carbons (Fsp3) is 0.233. The zero-order chi connectivity index (χ0) is 40.6. The van der Waals surface area contributed by atoms with Gasteiger partial charge in [-0.15, -0.1) is 11.8 Å². The molecule has 6 aromatic rings. The van der Waals surface area contributed by atoms with Crippen molar-refractivity contribution in [3.05, 3.63) is 143 Å². The largest absolute Gasteiger partial charge is 0.376 e. The molecule has 0 amide bonds. The molecule has 0 bridgehead atoms. The van der Waals surface area contributed by atoms with Gasteiger partial charge in [-0.25, -0.2) is 8.42 Å². The molecule has 1 saturated heterocycles. The van der Waals surface area contributed by atoms with Crippen LogP contribution in [0, 0.1) is 10.1 Å². The molecule has 1 aliphatic heterocycles. The van der Waals surface area contributed by atoms with Crippen molar-refractivity contribution >= 4 is 61.8 Å². The number of nitro benzene ring substituents is 1. The van der Waals surface area contributed by atoms with E-state index in [4.69, 9.17) is 16.1 Å². The maximum atomic E-state index is 13.5. The average molecular weight is 838 g/mol. The van der Waals surface area contributed by atoms with Crippen LogP contribution in [0.25, 0.3) is 22.5 Å². The van der Waals surface area contributed by atoms with Crippen LogP contribution in [-0.4, -0.2) is 82.0 Å². The number of halogens is 1. The van der Waals surface area contributed by atoms with Crippen molar-refractivity contribution in [3.8, 4) is 22.5 Å². The first kappa shape index (κ1) is 40.6. The molecule has 0 aliphatic carbocycles. The van der Waals surface area contributed by atoms with Gasteiger partial charge in [-0.3, -0.25) is 14.8 Å². The highest BCUT2D eigenvalue weighted by Gasteiger charge is 2.24. The Morgan fingerprint density at radius 1 is 0.862 bits per heavy atom. The smallest absolute Gasteiger partial charge is 0.293 e. The number of aromatic nitrogens is 1. The summed E-state index contributed by atoms with van der Waals surface area (Å²) in [7, 11) is -0.167. The van der Waals surface area contributed by atoms with Crippen molar-refractivity contribution in [3.63, 3.8) is 0 Å². The zero-order valence-corrected chi connectivity index (χ0v) is 34.5. The Morgan fingerprint density at radius 3 is 2.26 bits per heavy atom. The van der Waals surface area contributed by atoms with E-state index in [1.165, 1.54) is 12.1 Å². The molecule has 0 saturated carbocycles. The second-order valence-corrected chi connectivity index (χ2v) is 17.5. The molecule has 58 heavy (non-hydrogen) atoms. The van der Waals surface area contributed by atoms with E-state index >= 15 is 0 Å². The molecule has 1 fully saturated rings. The molecule has 15 heteroatoms. The number of hydrogen-bond donors (Lipinski definition) is 2. The fourth-order valence-electron chi connectivity index (χ4n) is 6.80. The molecular formula is C43H44ClN7O5S2. The Morgan fingerprint density at radius 2 is 1.57 bits per heavy atom. The topological polar surface area (TPSA) is 137 Å². The molecule has 12 nitrogen and oxygen atoms in total. The fourth-order valence-corrected chi connectivity index (χ4v) is 9.00. The number of sulfonamides is 1. The monoisotopic (exact) mass is 837 g/mol. The van der Waals surface area contributed by atoms with Gasteiger partial charge in [-0.1, -0.05) is 47.1 Å². The normalized spacial score (nSPS) is 13.7. The Kier molecular flexibility index (Phi) is 12.9. The number of nitrogens with one attached hydrogen (secondary N) is 2. The summed E-state index contributed by atoms with van der Waals surface area (Å²) in [5.74, 6) is 1.36. The van der Waals surface area contributed by atoms with Gasteiger partial charge in [-0.2, -0.15) is 0 Å². The summed E-state index contributed by atoms with van der Waals surface area (Å²) >= 11 is 7.76. The van der Waals surface area contributed by atoms with Gasteiger partial charge in [0, 0.05) is 82.1 Å². The number of rotatable bonds is 16. The highest BCUT2D eigenvalue weighted by atomic mass is 35.5. The molecular weight excluding hydrogens is 794 g/mol. The van der Waals surface area contributed by atoms with Crippen molar-refractivity contribution in [1.29, 1.82) is 0 Å². The molecule has 0 unspecified atom stereocenters. The van der Waals surface area contributed by atoms with Crippen LogP contribution in [0.3, 0.4) is 0 Å². The van der Waals surface area contributed by atoms with Crippen LogP contribution < -0.4 is 19.8 Å². The number of nitro groups is 1. The summed E-state index contributed by atoms with van der Waals surface area (Å²) in [5.41, 5.74) is 5.20. The van der Waals surface area contributed by atoms with E-state index < -0.39 is 14.9 Å². The SMILES string of the molecule is CN(C)CC[C@@H](CSc1ccccc1)Nc1ccc(S(=O)(=O)Nc2ccc(N3CCN(c4cccc(-c5cnoc5-c5ccc(Cl)cc5)c4)CC3)cc2)cc1[N+](=O)[O-]. The van der Waals surface area contributed by atoms with Gasteiger partial charge in [0.2, 0.25) is 0 Å². The first-order chi connectivity index (χ1) is 28.0. The van der Waals surface area contributed by atoms with Crippen LogP contribution in [0.1, 0.15) is 6.42 Å². The van der Waals surface area contributed by atoms with Crippen LogP contribution in [0.15, 0.2) is 142 Å². The van der Waals surface area contributed by atoms with Crippen molar-refractivity contribution in [2.45, 2.75) is 22.3 Å². The van der Waals surface area contributed by atoms with Crippen LogP contribution in [0.2, 0.25) is 5.02 Å². The molecule has 2 heterocycles. The predicted molar refractivity (Wildman–Crippen MR) is 235 cm³/mol. The van der Waals surface area contributed by atoms with Gasteiger partial charge in [0.05, 0.1) is 16.0 Å². The van der Waals surface area contributed by atoms with Crippen LogP contribution in [0.4, 0.5) is 28.4 Å². The highest BCUT2D eigenvalue weighted by molar-refractivity contribution is 7.99. The van der Waals surface area contributed by atoms with Crippen molar-refractivity contribution in [2.75, 3.05) is 72.4 Å². The maximum Gasteiger partial charge on any atom is 0.293 e. The summed E-state index contributed by atoms with van der Waals surface area (Å²) in [6.45, 7) is 3.89. The number of thioether (sulfide) groups is 1. The van der Waals surface area contributed by atoms with Crippen LogP contribution in [-0.2, 0) is 10.0 Å². The summed E-state index contributed by atoms with van der Waals surface area (Å²) in [4.78, 5) is 19.3. The lowest BCUT2D eigenvalue weighted by Crippen LogP contribution is -2.46. The minimum atomic E-state index is -4.13. The molecule has 5 aromatic carbocycles. The minimum Gasteiger partial charge on any atom is -0.376 e. The summed E-state index contributed by atoms with van der Waals surface area (Å²) < 4.78 is 35.3. The van der Waals surface area contributed by atoms with Crippen molar-refractivity contribution in [2.24, 2.45) is 0 Å². The average Bonchev–Trinajstić information content (AvgIpc) is 3.73. The second kappa shape index (κ2) is 18.4. The van der Waals surface area contributed by atoms with Gasteiger partial charge < -0.3 is 24.5 Å². The number of nitrogens with zero attached hydrogens (tertiary/aromatic N) is 5. The summed E-state index contributed by atoms with van der Waals surface area (Å²) in [6.07, 6.45) is 2.47. The van der Waals surface area contributed by atoms with Crippen LogP contribution >= 0.6 is 23.4 Å². The van der Waals surface area contributed by atoms with Crippen molar-refractivity contribution in [1.82, 2.24) is 10.1 Å². The third-order valence-electron chi connectivity index (χ3n) is 9.92. The van der Waals surface area contributed by atoms with Crippen molar-refractivity contribution < 1.29 is 17.9 Å². The van der Waals surface area contributed by atoms with Gasteiger partial charge >= 0.3 is 0 Å². The van der Waals surface area contributed by atoms with Crippen LogP contribution in [0.5, 0.6) is 0 Å². The Hall–Kier alpha value is -5.54. The maximum absolute atomic E-state index is 13.5. The van der Waals surface area contributed by atoms with E-state index in [0.29, 0.717) is 22.2 Å². The second-order valence-electron chi connectivity index (χ2n) is 14.2. The van der Waals surface area contributed by atoms with E-state index in [1.54, 1.807) is 30.1 Å². The Labute approximate surface area is 348 Å². The Balaban J connectivity index is 0.974. The van der Waals surface area contributed by atoms with Gasteiger partial charge in [0.15, 0.2) is 5.76 Å². The molecule has 300 valence electrons. The third kappa shape index (κ3) is 10.1. The van der Waals surface area contributed by atoms with Gasteiger partial charge in [0.25, 0.3) is 15.7 Å². The number of anilines is 4. The van der Waals surface area contributed by atoms with E-state index in [2.05, 4.69) is 42.0 Å². The molecule has 1 aromatic heterocycles. The lowest BCUT2D eigenvalue weighted by atomic mass is 10.0. The summed E-state index contributed by atoms with van der Waals surface area (Å²) in [6, 6.07) is 36.9. The molecule has 7 rings (SSSR count). The standard InChI is InChI=1S/C43H44ClN7O5S2/c1-48(2)22-21-35(30-57-38-9-4-3-5-10-38)46-41-20-19-39(28-42(41)51(52)53)58(54,55)47-34-15-17-36(18-16-34)49-23-25-50(26-24-49)37-8-6-7-32(27-37)40-29-45-56-43(40)31-11-13-33(44)14-12-31/h3-20,27-29,35,46-47H,21-26,30H2,1-2H3/t35-/m0/s1. The molecule has 1 atom stereocenters. The van der Waals surface area contributed by atoms with E-state index in [9.17, 15) is 18.5 Å². The number of benzene rings is 5. The number of piperazine rings is 1. The summed E-state index contributed by atoms with van der Waals surface area (Å²) in [5, 5.41) is 20.3.